The highest BCUT2D eigenvalue weighted by atomic mass is 15.0. The molecule has 1 heteroatoms. The molecule has 0 heterocycles. The van der Waals surface area contributed by atoms with Gasteiger partial charge in [-0.2, -0.15) is 0 Å². The summed E-state index contributed by atoms with van der Waals surface area (Å²) in [5.41, 5.74) is 4.66. The molecule has 0 unspecified atom stereocenters. The summed E-state index contributed by atoms with van der Waals surface area (Å²) in [6, 6.07) is 6.69. The molecule has 102 valence electrons. The smallest absolute Gasteiger partial charge is 0.0213 e. The second-order valence-electron chi connectivity index (χ2n) is 7.40. The average Bonchev–Trinajstić information content (AvgIpc) is 2.12. The third-order valence-electron chi connectivity index (χ3n) is 3.23. The lowest BCUT2D eigenvalue weighted by molar-refractivity contribution is 0.240. The van der Waals surface area contributed by atoms with Crippen molar-refractivity contribution in [3.05, 3.63) is 34.9 Å². The highest BCUT2D eigenvalue weighted by Crippen LogP contribution is 2.27. The number of nitrogens with one attached hydrogen (secondary N) is 1. The van der Waals surface area contributed by atoms with E-state index in [4.69, 9.17) is 0 Å². The van der Waals surface area contributed by atoms with Gasteiger partial charge in [-0.3, -0.25) is 0 Å². The molecule has 0 fully saturated rings. The van der Waals surface area contributed by atoms with Crippen molar-refractivity contribution in [2.75, 3.05) is 0 Å². The van der Waals surface area contributed by atoms with Crippen LogP contribution < -0.4 is 5.32 Å². The molecule has 18 heavy (non-hydrogen) atoms. The van der Waals surface area contributed by atoms with Crippen molar-refractivity contribution in [1.82, 2.24) is 5.32 Å². The van der Waals surface area contributed by atoms with Crippen molar-refractivity contribution in [3.63, 3.8) is 0 Å². The Labute approximate surface area is 113 Å². The van der Waals surface area contributed by atoms with Crippen LogP contribution in [0.15, 0.2) is 18.2 Å². The molecule has 1 aromatic rings. The van der Waals surface area contributed by atoms with Crippen LogP contribution in [0.25, 0.3) is 0 Å². The van der Waals surface area contributed by atoms with Crippen LogP contribution in [0.5, 0.6) is 0 Å². The molecule has 0 bridgehead atoms. The Morgan fingerprint density at radius 2 is 1.61 bits per heavy atom. The first-order chi connectivity index (χ1) is 8.09. The second-order valence-corrected chi connectivity index (χ2v) is 7.40. The topological polar surface area (TPSA) is 12.0 Å². The Kier molecular flexibility index (Phi) is 4.61. The van der Waals surface area contributed by atoms with E-state index >= 15 is 0 Å². The fraction of sp³-hybridized carbons (Fsp3) is 0.647. The van der Waals surface area contributed by atoms with Gasteiger partial charge in [0.05, 0.1) is 0 Å². The number of benzene rings is 1. The van der Waals surface area contributed by atoms with Crippen LogP contribution in [0.2, 0.25) is 0 Å². The molecule has 1 nitrogen and oxygen atoms in total. The van der Waals surface area contributed by atoms with Gasteiger partial charge < -0.3 is 5.32 Å². The number of aryl methyl sites for hydroxylation is 2. The Bertz CT molecular complexity index is 397. The lowest BCUT2D eigenvalue weighted by Crippen LogP contribution is -2.41. The summed E-state index contributed by atoms with van der Waals surface area (Å²) in [6.45, 7) is 16.8. The van der Waals surface area contributed by atoms with Gasteiger partial charge in [-0.25, -0.2) is 0 Å². The van der Waals surface area contributed by atoms with E-state index in [9.17, 15) is 0 Å². The maximum absolute atomic E-state index is 3.69. The summed E-state index contributed by atoms with van der Waals surface area (Å²) in [7, 11) is 0. The Morgan fingerprint density at radius 3 is 2.11 bits per heavy atom. The van der Waals surface area contributed by atoms with Gasteiger partial charge in [0, 0.05) is 12.1 Å². The van der Waals surface area contributed by atoms with Crippen LogP contribution in [0.4, 0.5) is 0 Å². The van der Waals surface area contributed by atoms with Crippen LogP contribution in [0.3, 0.4) is 0 Å². The van der Waals surface area contributed by atoms with Gasteiger partial charge >= 0.3 is 0 Å². The van der Waals surface area contributed by atoms with E-state index in [1.54, 1.807) is 0 Å². The van der Waals surface area contributed by atoms with Gasteiger partial charge in [-0.05, 0) is 50.7 Å². The summed E-state index contributed by atoms with van der Waals surface area (Å²) < 4.78 is 0. The van der Waals surface area contributed by atoms with E-state index in [1.165, 1.54) is 23.1 Å². The molecular weight excluding hydrogens is 218 g/mol. The van der Waals surface area contributed by atoms with Gasteiger partial charge in [-0.1, -0.05) is 44.5 Å². The second kappa shape index (κ2) is 5.44. The molecule has 0 amide bonds. The van der Waals surface area contributed by atoms with Gasteiger partial charge in [-0.15, -0.1) is 0 Å². The summed E-state index contributed by atoms with van der Waals surface area (Å²) in [5, 5.41) is 3.69. The third kappa shape index (κ3) is 5.22. The van der Waals surface area contributed by atoms with E-state index in [2.05, 4.69) is 72.0 Å². The Morgan fingerprint density at radius 1 is 1.00 bits per heavy atom. The van der Waals surface area contributed by atoms with Crippen LogP contribution in [-0.2, 0) is 6.54 Å². The summed E-state index contributed by atoms with van der Waals surface area (Å²) in [4.78, 5) is 0. The van der Waals surface area contributed by atoms with Gasteiger partial charge in [0.1, 0.15) is 0 Å². The van der Waals surface area contributed by atoms with Crippen LogP contribution in [0, 0.1) is 19.3 Å². The summed E-state index contributed by atoms with van der Waals surface area (Å²) in [5.74, 6) is 0. The maximum Gasteiger partial charge on any atom is 0.0213 e. The number of hydrogen-bond acceptors (Lipinski definition) is 1. The molecule has 0 aliphatic rings. The van der Waals surface area contributed by atoms with E-state index in [0.29, 0.717) is 5.41 Å². The minimum absolute atomic E-state index is 0.176. The van der Waals surface area contributed by atoms with Gasteiger partial charge in [0.15, 0.2) is 0 Å². The summed E-state index contributed by atoms with van der Waals surface area (Å²) >= 11 is 0. The lowest BCUT2D eigenvalue weighted by Gasteiger charge is -2.33. The summed E-state index contributed by atoms with van der Waals surface area (Å²) in [6.07, 6.45) is 1.17. The van der Waals surface area contributed by atoms with Crippen molar-refractivity contribution in [1.29, 1.82) is 0 Å². The highest BCUT2D eigenvalue weighted by Gasteiger charge is 2.24. The van der Waals surface area contributed by atoms with Crippen molar-refractivity contribution in [3.8, 4) is 0 Å². The highest BCUT2D eigenvalue weighted by molar-refractivity contribution is 5.30. The Balaban J connectivity index is 2.64. The fourth-order valence-electron chi connectivity index (χ4n) is 2.77. The van der Waals surface area contributed by atoms with E-state index in [0.717, 1.165) is 6.54 Å². The first kappa shape index (κ1) is 15.2. The van der Waals surface area contributed by atoms with E-state index in [-0.39, 0.29) is 5.54 Å². The lowest BCUT2D eigenvalue weighted by atomic mass is 9.81. The predicted octanol–water partition coefficient (Wildman–Crippen LogP) is 4.61. The largest absolute Gasteiger partial charge is 0.308 e. The zero-order valence-electron chi connectivity index (χ0n) is 13.1. The first-order valence-electron chi connectivity index (χ1n) is 6.90. The third-order valence-corrected chi connectivity index (χ3v) is 3.23. The SMILES string of the molecule is Cc1ccc(CNC(C)(C)CC(C)(C)C)c(C)c1. The van der Waals surface area contributed by atoms with Gasteiger partial charge in [0.2, 0.25) is 0 Å². The van der Waals surface area contributed by atoms with E-state index < -0.39 is 0 Å². The molecule has 1 N–H and O–H groups in total. The number of rotatable bonds is 4. The molecule has 0 radical (unpaired) electrons. The quantitative estimate of drug-likeness (QED) is 0.819. The van der Waals surface area contributed by atoms with Crippen LogP contribution in [0.1, 0.15) is 57.7 Å². The molecule has 0 aromatic heterocycles. The first-order valence-corrected chi connectivity index (χ1v) is 6.90. The maximum atomic E-state index is 3.69. The van der Waals surface area contributed by atoms with Crippen molar-refractivity contribution in [2.24, 2.45) is 5.41 Å². The molecular formula is C17H29N. The monoisotopic (exact) mass is 247 g/mol. The molecule has 1 rings (SSSR count). The molecule has 0 saturated carbocycles. The molecule has 0 aliphatic heterocycles. The predicted molar refractivity (Wildman–Crippen MR) is 80.9 cm³/mol. The minimum atomic E-state index is 0.176. The zero-order chi connectivity index (χ0) is 14.0. The van der Waals surface area contributed by atoms with Crippen LogP contribution in [-0.4, -0.2) is 5.54 Å². The minimum Gasteiger partial charge on any atom is -0.308 e. The molecule has 0 atom stereocenters. The molecule has 0 saturated heterocycles. The molecule has 0 spiro atoms. The zero-order valence-corrected chi connectivity index (χ0v) is 13.1. The average molecular weight is 247 g/mol. The van der Waals surface area contributed by atoms with Crippen molar-refractivity contribution < 1.29 is 0 Å². The van der Waals surface area contributed by atoms with E-state index in [1.807, 2.05) is 0 Å². The van der Waals surface area contributed by atoms with Crippen molar-refractivity contribution >= 4 is 0 Å². The van der Waals surface area contributed by atoms with Gasteiger partial charge in [0.25, 0.3) is 0 Å². The number of hydrogen-bond donors (Lipinski definition) is 1. The normalized spacial score (nSPS) is 12.8. The Hall–Kier alpha value is -0.820. The van der Waals surface area contributed by atoms with Crippen LogP contribution >= 0.6 is 0 Å². The molecule has 1 aromatic carbocycles. The standard InChI is InChI=1S/C17H29N/c1-13-8-9-15(14(2)10-13)11-18-17(6,7)12-16(3,4)5/h8-10,18H,11-12H2,1-7H3. The molecule has 0 aliphatic carbocycles. The fourth-order valence-corrected chi connectivity index (χ4v) is 2.77. The van der Waals surface area contributed by atoms with Crippen molar-refractivity contribution in [2.45, 2.75) is 67.0 Å².